The molecule has 2 aromatic carbocycles. The van der Waals surface area contributed by atoms with Gasteiger partial charge in [-0.2, -0.15) is 0 Å². The highest BCUT2D eigenvalue weighted by atomic mass is 127. The maximum Gasteiger partial charge on any atom is 0.0774 e. The number of nitrogens with one attached hydrogen (secondary N) is 1. The molecule has 3 rings (SSSR count). The number of piperidine rings is 1. The minimum absolute atomic E-state index is 0. The van der Waals surface area contributed by atoms with Crippen molar-refractivity contribution < 1.29 is 4.74 Å². The van der Waals surface area contributed by atoms with Gasteiger partial charge in [-0.3, -0.25) is 0 Å². The van der Waals surface area contributed by atoms with Crippen LogP contribution in [0.15, 0.2) is 48.5 Å². The predicted molar refractivity (Wildman–Crippen MR) is 111 cm³/mol. The van der Waals surface area contributed by atoms with Gasteiger partial charge in [0.15, 0.2) is 0 Å². The Kier molecular flexibility index (Phi) is 8.01. The van der Waals surface area contributed by atoms with Crippen LogP contribution in [0.4, 0.5) is 0 Å². The zero-order valence-corrected chi connectivity index (χ0v) is 17.0. The number of rotatable bonds is 5. The summed E-state index contributed by atoms with van der Waals surface area (Å²) in [7, 11) is 0. The van der Waals surface area contributed by atoms with E-state index in [2.05, 4.69) is 83.4 Å². The summed E-state index contributed by atoms with van der Waals surface area (Å²) in [6.07, 6.45) is 3.62. The van der Waals surface area contributed by atoms with Crippen LogP contribution in [0.2, 0.25) is 0 Å². The molecule has 1 heterocycles. The first-order valence-corrected chi connectivity index (χ1v) is 9.52. The molecule has 0 unspecified atom stereocenters. The lowest BCUT2D eigenvalue weighted by molar-refractivity contribution is -0.00361. The van der Waals surface area contributed by atoms with Crippen molar-refractivity contribution in [2.24, 2.45) is 0 Å². The molecule has 0 aliphatic carbocycles. The minimum Gasteiger partial charge on any atom is -0.372 e. The van der Waals surface area contributed by atoms with E-state index in [9.17, 15) is 0 Å². The van der Waals surface area contributed by atoms with Gasteiger partial charge >= 0.3 is 0 Å². The molecule has 24 heavy (non-hydrogen) atoms. The summed E-state index contributed by atoms with van der Waals surface area (Å²) in [5.74, 6) is 0. The summed E-state index contributed by atoms with van der Waals surface area (Å²) in [6.45, 7) is 3.97. The van der Waals surface area contributed by atoms with Crippen molar-refractivity contribution >= 4 is 35.0 Å². The zero-order chi connectivity index (χ0) is 16.1. The van der Waals surface area contributed by atoms with Gasteiger partial charge in [-0.1, -0.05) is 43.3 Å². The summed E-state index contributed by atoms with van der Waals surface area (Å²) in [4.78, 5) is 0. The number of ether oxygens (including phenoxy) is 1. The van der Waals surface area contributed by atoms with Crippen LogP contribution in [0.1, 0.15) is 42.5 Å². The van der Waals surface area contributed by atoms with E-state index in [4.69, 9.17) is 4.74 Å². The van der Waals surface area contributed by atoms with Gasteiger partial charge in [0.1, 0.15) is 0 Å². The van der Waals surface area contributed by atoms with Gasteiger partial charge in [-0.15, -0.1) is 12.4 Å². The molecule has 4 heteroatoms. The predicted octanol–water partition coefficient (Wildman–Crippen LogP) is 5.29. The van der Waals surface area contributed by atoms with Crippen LogP contribution in [0, 0.1) is 3.57 Å². The highest BCUT2D eigenvalue weighted by Gasteiger charge is 2.26. The summed E-state index contributed by atoms with van der Waals surface area (Å²) in [5.41, 5.74) is 4.00. The molecule has 0 saturated carbocycles. The molecule has 1 aliphatic heterocycles. The summed E-state index contributed by atoms with van der Waals surface area (Å²) >= 11 is 2.39. The first kappa shape index (κ1) is 19.7. The quantitative estimate of drug-likeness (QED) is 0.616. The van der Waals surface area contributed by atoms with E-state index in [1.54, 1.807) is 0 Å². The Balaban J connectivity index is 0.00000208. The molecule has 2 aromatic rings. The van der Waals surface area contributed by atoms with Crippen LogP contribution in [-0.2, 0) is 17.8 Å². The van der Waals surface area contributed by atoms with Crippen LogP contribution in [-0.4, -0.2) is 12.6 Å². The molecule has 0 spiro atoms. The molecular formula is C20H25ClINO. The van der Waals surface area contributed by atoms with E-state index in [-0.39, 0.29) is 18.5 Å². The SMILES string of the molecule is CCc1cc(I)cc(CO[C@H]2CCCN[C@H]2c2ccccc2)c1.Cl. The van der Waals surface area contributed by atoms with Crippen molar-refractivity contribution in [2.45, 2.75) is 44.9 Å². The van der Waals surface area contributed by atoms with Gasteiger partial charge in [0, 0.05) is 3.57 Å². The van der Waals surface area contributed by atoms with E-state index in [1.807, 2.05) is 0 Å². The molecule has 130 valence electrons. The molecule has 0 amide bonds. The number of aryl methyl sites for hydroxylation is 1. The monoisotopic (exact) mass is 457 g/mol. The second-order valence-corrected chi connectivity index (χ2v) is 7.40. The number of hydrogen-bond donors (Lipinski definition) is 1. The number of halogens is 2. The second kappa shape index (κ2) is 9.76. The van der Waals surface area contributed by atoms with Gasteiger partial charge in [0.25, 0.3) is 0 Å². The minimum atomic E-state index is 0. The van der Waals surface area contributed by atoms with Crippen molar-refractivity contribution in [3.8, 4) is 0 Å². The maximum atomic E-state index is 6.32. The Bertz CT molecular complexity index is 635. The molecule has 1 saturated heterocycles. The van der Waals surface area contributed by atoms with E-state index < -0.39 is 0 Å². The van der Waals surface area contributed by atoms with Gasteiger partial charge in [-0.05, 0) is 77.2 Å². The first-order chi connectivity index (χ1) is 11.3. The fourth-order valence-corrected chi connectivity index (χ4v) is 4.04. The third-order valence-electron chi connectivity index (χ3n) is 4.45. The van der Waals surface area contributed by atoms with E-state index in [0.717, 1.165) is 19.4 Å². The molecule has 1 N–H and O–H groups in total. The van der Waals surface area contributed by atoms with Crippen LogP contribution < -0.4 is 5.32 Å². The second-order valence-electron chi connectivity index (χ2n) is 6.16. The maximum absolute atomic E-state index is 6.32. The van der Waals surface area contributed by atoms with Crippen molar-refractivity contribution in [2.75, 3.05) is 6.54 Å². The summed E-state index contributed by atoms with van der Waals surface area (Å²) < 4.78 is 7.62. The molecule has 2 atom stereocenters. The van der Waals surface area contributed by atoms with E-state index >= 15 is 0 Å². The van der Waals surface area contributed by atoms with E-state index in [0.29, 0.717) is 12.6 Å². The number of hydrogen-bond acceptors (Lipinski definition) is 2. The lowest BCUT2D eigenvalue weighted by atomic mass is 9.94. The van der Waals surface area contributed by atoms with Gasteiger partial charge < -0.3 is 10.1 Å². The standard InChI is InChI=1S/C20H24INO.ClH/c1-2-15-11-16(13-18(21)12-15)14-23-19-9-6-10-22-20(19)17-7-4-3-5-8-17;/h3-5,7-8,11-13,19-20,22H,2,6,9-10,14H2,1H3;1H/t19-,20-;/m0./s1. The van der Waals surface area contributed by atoms with E-state index in [1.165, 1.54) is 26.7 Å². The summed E-state index contributed by atoms with van der Waals surface area (Å²) in [5, 5.41) is 3.63. The largest absolute Gasteiger partial charge is 0.372 e. The summed E-state index contributed by atoms with van der Waals surface area (Å²) in [6, 6.07) is 17.7. The van der Waals surface area contributed by atoms with Crippen molar-refractivity contribution in [1.29, 1.82) is 0 Å². The molecule has 0 radical (unpaired) electrons. The topological polar surface area (TPSA) is 21.3 Å². The van der Waals surface area contributed by atoms with Gasteiger partial charge in [-0.25, -0.2) is 0 Å². The Hall–Kier alpha value is -0.620. The van der Waals surface area contributed by atoms with Crippen molar-refractivity contribution in [3.05, 3.63) is 68.8 Å². The molecule has 1 fully saturated rings. The average Bonchev–Trinajstić information content (AvgIpc) is 2.60. The lowest BCUT2D eigenvalue weighted by Gasteiger charge is -2.33. The smallest absolute Gasteiger partial charge is 0.0774 e. The lowest BCUT2D eigenvalue weighted by Crippen LogP contribution is -2.39. The zero-order valence-electron chi connectivity index (χ0n) is 14.0. The number of benzene rings is 2. The van der Waals surface area contributed by atoms with Crippen molar-refractivity contribution in [3.63, 3.8) is 0 Å². The highest BCUT2D eigenvalue weighted by Crippen LogP contribution is 2.27. The fraction of sp³-hybridized carbons (Fsp3) is 0.400. The Labute approximate surface area is 164 Å². The van der Waals surface area contributed by atoms with Gasteiger partial charge in [0.2, 0.25) is 0 Å². The Morgan fingerprint density at radius 3 is 2.62 bits per heavy atom. The Morgan fingerprint density at radius 1 is 1.12 bits per heavy atom. The first-order valence-electron chi connectivity index (χ1n) is 8.44. The van der Waals surface area contributed by atoms with Crippen LogP contribution >= 0.6 is 35.0 Å². The van der Waals surface area contributed by atoms with Gasteiger partial charge in [0.05, 0.1) is 18.8 Å². The fourth-order valence-electron chi connectivity index (χ4n) is 3.24. The molecule has 2 nitrogen and oxygen atoms in total. The molecular weight excluding hydrogens is 433 g/mol. The highest BCUT2D eigenvalue weighted by molar-refractivity contribution is 14.1. The van der Waals surface area contributed by atoms with Crippen molar-refractivity contribution in [1.82, 2.24) is 5.32 Å². The normalized spacial score (nSPS) is 20.4. The Morgan fingerprint density at radius 2 is 1.88 bits per heavy atom. The average molecular weight is 458 g/mol. The van der Waals surface area contributed by atoms with Crippen LogP contribution in [0.25, 0.3) is 0 Å². The molecule has 0 bridgehead atoms. The molecule has 1 aliphatic rings. The van der Waals surface area contributed by atoms with Crippen LogP contribution in [0.3, 0.4) is 0 Å². The molecule has 0 aromatic heterocycles. The van der Waals surface area contributed by atoms with Crippen LogP contribution in [0.5, 0.6) is 0 Å². The third kappa shape index (κ3) is 5.19. The third-order valence-corrected chi connectivity index (χ3v) is 5.07.